The minimum atomic E-state index is -3.55. The molecule has 0 unspecified atom stereocenters. The molecular formula is C12H16N4O2S. The van der Waals surface area contributed by atoms with E-state index < -0.39 is 10.0 Å². The summed E-state index contributed by atoms with van der Waals surface area (Å²) in [6.45, 7) is 0.860. The molecule has 0 aliphatic rings. The molecule has 0 saturated carbocycles. The number of nitrogens with one attached hydrogen (secondary N) is 3. The highest BCUT2D eigenvalue weighted by Crippen LogP contribution is 2.15. The first kappa shape index (κ1) is 13.6. The Morgan fingerprint density at radius 1 is 1.26 bits per heavy atom. The highest BCUT2D eigenvalue weighted by Gasteiger charge is 2.14. The van der Waals surface area contributed by atoms with E-state index in [0.29, 0.717) is 5.69 Å². The molecule has 6 nitrogen and oxygen atoms in total. The van der Waals surface area contributed by atoms with Gasteiger partial charge in [0.2, 0.25) is 0 Å². The molecule has 0 radical (unpaired) electrons. The average molecular weight is 280 g/mol. The van der Waals surface area contributed by atoms with Gasteiger partial charge in [-0.05, 0) is 37.7 Å². The van der Waals surface area contributed by atoms with Crippen molar-refractivity contribution < 1.29 is 8.42 Å². The maximum Gasteiger partial charge on any atom is 0.261 e. The van der Waals surface area contributed by atoms with E-state index in [0.717, 1.165) is 18.5 Å². The summed E-state index contributed by atoms with van der Waals surface area (Å²) in [7, 11) is -1.66. The summed E-state index contributed by atoms with van der Waals surface area (Å²) in [4.78, 5) is 0.238. The molecule has 0 aliphatic heterocycles. The molecule has 1 heterocycles. The van der Waals surface area contributed by atoms with E-state index in [1.807, 2.05) is 19.2 Å². The van der Waals surface area contributed by atoms with Gasteiger partial charge in [0, 0.05) is 6.20 Å². The van der Waals surface area contributed by atoms with Gasteiger partial charge in [-0.25, -0.2) is 8.42 Å². The Morgan fingerprint density at radius 2 is 2.00 bits per heavy atom. The Morgan fingerprint density at radius 3 is 2.58 bits per heavy atom. The van der Waals surface area contributed by atoms with Crippen molar-refractivity contribution in [3.63, 3.8) is 0 Å². The van der Waals surface area contributed by atoms with E-state index in [2.05, 4.69) is 20.2 Å². The normalized spacial score (nSPS) is 11.4. The summed E-state index contributed by atoms with van der Waals surface area (Å²) in [5, 5.41) is 9.29. The molecule has 0 fully saturated rings. The lowest BCUT2D eigenvalue weighted by molar-refractivity contribution is 0.601. The number of hydrogen-bond donors (Lipinski definition) is 3. The first-order chi connectivity index (χ1) is 9.12. The molecule has 1 aromatic carbocycles. The summed E-state index contributed by atoms with van der Waals surface area (Å²) in [6.07, 6.45) is 3.77. The number of sulfonamides is 1. The van der Waals surface area contributed by atoms with Gasteiger partial charge in [-0.3, -0.25) is 9.82 Å². The third-order valence-electron chi connectivity index (χ3n) is 2.65. The lowest BCUT2D eigenvalue weighted by atomic mass is 10.1. The number of hydrogen-bond acceptors (Lipinski definition) is 4. The van der Waals surface area contributed by atoms with Crippen molar-refractivity contribution in [1.82, 2.24) is 15.5 Å². The zero-order chi connectivity index (χ0) is 13.7. The Bertz CT molecular complexity index is 606. The molecule has 0 saturated heterocycles. The Kier molecular flexibility index (Phi) is 4.18. The van der Waals surface area contributed by atoms with Gasteiger partial charge in [0.05, 0.1) is 16.8 Å². The molecule has 3 N–H and O–H groups in total. The zero-order valence-electron chi connectivity index (χ0n) is 10.6. The SMILES string of the molecule is CNCCc1ccc(S(=O)(=O)Nc2cn[nH]c2)cc1. The summed E-state index contributed by atoms with van der Waals surface area (Å²) in [6, 6.07) is 6.85. The van der Waals surface area contributed by atoms with Crippen LogP contribution in [0.15, 0.2) is 41.6 Å². The van der Waals surface area contributed by atoms with Crippen molar-refractivity contribution in [3.05, 3.63) is 42.2 Å². The van der Waals surface area contributed by atoms with Gasteiger partial charge < -0.3 is 5.32 Å². The van der Waals surface area contributed by atoms with Crippen LogP contribution >= 0.6 is 0 Å². The number of anilines is 1. The molecule has 0 amide bonds. The van der Waals surface area contributed by atoms with Crippen molar-refractivity contribution in [3.8, 4) is 0 Å². The molecule has 0 aliphatic carbocycles. The van der Waals surface area contributed by atoms with Crippen LogP contribution in [0.25, 0.3) is 0 Å². The van der Waals surface area contributed by atoms with Gasteiger partial charge in [-0.15, -0.1) is 0 Å². The largest absolute Gasteiger partial charge is 0.319 e. The summed E-state index contributed by atoms with van der Waals surface area (Å²) in [5.41, 5.74) is 1.51. The van der Waals surface area contributed by atoms with E-state index in [4.69, 9.17) is 0 Å². The van der Waals surface area contributed by atoms with Gasteiger partial charge >= 0.3 is 0 Å². The number of benzene rings is 1. The quantitative estimate of drug-likeness (QED) is 0.736. The molecule has 19 heavy (non-hydrogen) atoms. The van der Waals surface area contributed by atoms with Gasteiger partial charge in [0.15, 0.2) is 0 Å². The lowest BCUT2D eigenvalue weighted by Gasteiger charge is -2.07. The maximum absolute atomic E-state index is 12.1. The van der Waals surface area contributed by atoms with Crippen LogP contribution in [0.4, 0.5) is 5.69 Å². The minimum Gasteiger partial charge on any atom is -0.319 e. The van der Waals surface area contributed by atoms with Crippen LogP contribution in [0.1, 0.15) is 5.56 Å². The van der Waals surface area contributed by atoms with Gasteiger partial charge in [0.1, 0.15) is 0 Å². The number of nitrogens with zero attached hydrogens (tertiary/aromatic N) is 1. The highest BCUT2D eigenvalue weighted by atomic mass is 32.2. The van der Waals surface area contributed by atoms with E-state index >= 15 is 0 Å². The molecule has 0 atom stereocenters. The predicted octanol–water partition coefficient (Wildman–Crippen LogP) is 0.972. The summed E-state index contributed by atoms with van der Waals surface area (Å²) >= 11 is 0. The molecule has 102 valence electrons. The van der Waals surface area contributed by atoms with Crippen LogP contribution < -0.4 is 10.0 Å². The number of H-pyrrole nitrogens is 1. The molecule has 0 spiro atoms. The molecule has 1 aromatic heterocycles. The maximum atomic E-state index is 12.1. The van der Waals surface area contributed by atoms with E-state index in [1.54, 1.807) is 12.1 Å². The Labute approximate surface area is 112 Å². The first-order valence-corrected chi connectivity index (χ1v) is 7.35. The van der Waals surface area contributed by atoms with Crippen LogP contribution in [-0.4, -0.2) is 32.2 Å². The van der Waals surface area contributed by atoms with Gasteiger partial charge in [0.25, 0.3) is 10.0 Å². The van der Waals surface area contributed by atoms with Crippen molar-refractivity contribution in [1.29, 1.82) is 0 Å². The number of likely N-dealkylation sites (N-methyl/N-ethyl adjacent to an activating group) is 1. The molecule has 2 aromatic rings. The smallest absolute Gasteiger partial charge is 0.261 e. The van der Waals surface area contributed by atoms with Crippen LogP contribution in [0, 0.1) is 0 Å². The minimum absolute atomic E-state index is 0.238. The predicted molar refractivity (Wildman–Crippen MR) is 73.5 cm³/mol. The monoisotopic (exact) mass is 280 g/mol. The van der Waals surface area contributed by atoms with E-state index in [9.17, 15) is 8.42 Å². The number of rotatable bonds is 6. The topological polar surface area (TPSA) is 86.9 Å². The van der Waals surface area contributed by atoms with E-state index in [-0.39, 0.29) is 4.90 Å². The fourth-order valence-corrected chi connectivity index (χ4v) is 2.66. The molecule has 7 heteroatoms. The fraction of sp³-hybridized carbons (Fsp3) is 0.250. The summed E-state index contributed by atoms with van der Waals surface area (Å²) < 4.78 is 26.6. The zero-order valence-corrected chi connectivity index (χ0v) is 11.4. The van der Waals surface area contributed by atoms with Crippen molar-refractivity contribution >= 4 is 15.7 Å². The first-order valence-electron chi connectivity index (χ1n) is 5.87. The van der Waals surface area contributed by atoms with Crippen LogP contribution in [0.3, 0.4) is 0 Å². The third-order valence-corrected chi connectivity index (χ3v) is 4.04. The lowest BCUT2D eigenvalue weighted by Crippen LogP contribution is -2.13. The van der Waals surface area contributed by atoms with Crippen LogP contribution in [0.2, 0.25) is 0 Å². The second-order valence-corrected chi connectivity index (χ2v) is 5.77. The van der Waals surface area contributed by atoms with Crippen molar-refractivity contribution in [2.75, 3.05) is 18.3 Å². The highest BCUT2D eigenvalue weighted by molar-refractivity contribution is 7.92. The van der Waals surface area contributed by atoms with Crippen molar-refractivity contribution in [2.24, 2.45) is 0 Å². The van der Waals surface area contributed by atoms with Crippen molar-refractivity contribution in [2.45, 2.75) is 11.3 Å². The van der Waals surface area contributed by atoms with Crippen LogP contribution in [-0.2, 0) is 16.4 Å². The fourth-order valence-electron chi connectivity index (χ4n) is 1.63. The number of aromatic nitrogens is 2. The molecule has 0 bridgehead atoms. The summed E-state index contributed by atoms with van der Waals surface area (Å²) in [5.74, 6) is 0. The van der Waals surface area contributed by atoms with Gasteiger partial charge in [-0.2, -0.15) is 5.10 Å². The second-order valence-electron chi connectivity index (χ2n) is 4.09. The molecule has 2 rings (SSSR count). The average Bonchev–Trinajstić information content (AvgIpc) is 2.89. The molecular weight excluding hydrogens is 264 g/mol. The standard InChI is InChI=1S/C12H16N4O2S/c1-13-7-6-10-2-4-12(5-3-10)19(17,18)16-11-8-14-15-9-11/h2-5,8-9,13,16H,6-7H2,1H3,(H,14,15). The number of aromatic amines is 1. The van der Waals surface area contributed by atoms with E-state index in [1.165, 1.54) is 12.4 Å². The van der Waals surface area contributed by atoms with Gasteiger partial charge in [-0.1, -0.05) is 12.1 Å². The Balaban J connectivity index is 2.12. The Hall–Kier alpha value is -1.86. The second kappa shape index (κ2) is 5.85. The third kappa shape index (κ3) is 3.55. The van der Waals surface area contributed by atoms with Crippen LogP contribution in [0.5, 0.6) is 0 Å².